The summed E-state index contributed by atoms with van der Waals surface area (Å²) in [5.74, 6) is 0.487. The third-order valence-corrected chi connectivity index (χ3v) is 4.81. The van der Waals surface area contributed by atoms with Crippen molar-refractivity contribution < 1.29 is 14.3 Å². The smallest absolute Gasteiger partial charge is 0.274 e. The van der Waals surface area contributed by atoms with Gasteiger partial charge in [0, 0.05) is 6.54 Å². The minimum Gasteiger partial charge on any atom is -0.442 e. The van der Waals surface area contributed by atoms with Crippen molar-refractivity contribution in [1.29, 1.82) is 0 Å². The van der Waals surface area contributed by atoms with Gasteiger partial charge in [0.05, 0.1) is 11.0 Å². The average Bonchev–Trinajstić information content (AvgIpc) is 3.25. The third-order valence-electron chi connectivity index (χ3n) is 3.94. The largest absolute Gasteiger partial charge is 0.442 e. The van der Waals surface area contributed by atoms with E-state index in [1.807, 2.05) is 17.5 Å². The highest BCUT2D eigenvalue weighted by molar-refractivity contribution is 7.13. The van der Waals surface area contributed by atoms with Crippen LogP contribution in [0.15, 0.2) is 28.3 Å². The number of carbonyl (C=O) groups is 1. The van der Waals surface area contributed by atoms with E-state index in [0.717, 1.165) is 17.7 Å². The number of carbonyl (C=O) groups excluding carboxylic acids is 1. The zero-order valence-corrected chi connectivity index (χ0v) is 12.4. The van der Waals surface area contributed by atoms with Crippen LogP contribution in [-0.4, -0.2) is 28.6 Å². The maximum Gasteiger partial charge on any atom is 0.274 e. The summed E-state index contributed by atoms with van der Waals surface area (Å²) < 4.78 is 5.31. The molecule has 3 rings (SSSR count). The normalized spacial score (nSPS) is 17.0. The van der Waals surface area contributed by atoms with Crippen LogP contribution in [0.3, 0.4) is 0 Å². The second-order valence-electron chi connectivity index (χ2n) is 5.33. The molecule has 112 valence electrons. The summed E-state index contributed by atoms with van der Waals surface area (Å²) in [4.78, 5) is 17.1. The van der Waals surface area contributed by atoms with E-state index in [9.17, 15) is 9.90 Å². The fourth-order valence-corrected chi connectivity index (χ4v) is 3.49. The molecule has 0 aliphatic heterocycles. The van der Waals surface area contributed by atoms with Crippen molar-refractivity contribution >= 4 is 17.2 Å². The number of nitrogens with one attached hydrogen (secondary N) is 1. The van der Waals surface area contributed by atoms with Crippen LogP contribution in [0.5, 0.6) is 0 Å². The highest BCUT2D eigenvalue weighted by Gasteiger charge is 2.25. The molecule has 2 N–H and O–H groups in total. The lowest BCUT2D eigenvalue weighted by molar-refractivity contribution is 0.0837. The topological polar surface area (TPSA) is 75.4 Å². The van der Waals surface area contributed by atoms with Gasteiger partial charge in [-0.25, -0.2) is 4.98 Å². The van der Waals surface area contributed by atoms with Crippen molar-refractivity contribution in [3.63, 3.8) is 0 Å². The van der Waals surface area contributed by atoms with Gasteiger partial charge in [-0.3, -0.25) is 4.79 Å². The lowest BCUT2D eigenvalue weighted by Crippen LogP contribution is -2.35. The SMILES string of the molecule is O=C(NCC(O)C1CCCC1)c1ncoc1-c1cccs1. The van der Waals surface area contributed by atoms with Crippen LogP contribution < -0.4 is 5.32 Å². The zero-order chi connectivity index (χ0) is 14.7. The summed E-state index contributed by atoms with van der Waals surface area (Å²) in [7, 11) is 0. The average molecular weight is 306 g/mol. The molecule has 0 radical (unpaired) electrons. The Morgan fingerprint density at radius 3 is 3.05 bits per heavy atom. The molecule has 6 heteroatoms. The number of rotatable bonds is 5. The Kier molecular flexibility index (Phi) is 4.36. The van der Waals surface area contributed by atoms with Crippen molar-refractivity contribution in [2.75, 3.05) is 6.54 Å². The number of aliphatic hydroxyl groups excluding tert-OH is 1. The van der Waals surface area contributed by atoms with Crippen LogP contribution in [0.1, 0.15) is 36.2 Å². The summed E-state index contributed by atoms with van der Waals surface area (Å²) in [5, 5.41) is 14.8. The van der Waals surface area contributed by atoms with E-state index >= 15 is 0 Å². The molecule has 0 bridgehead atoms. The Bertz CT molecular complexity index is 588. The Morgan fingerprint density at radius 2 is 2.33 bits per heavy atom. The molecule has 0 spiro atoms. The quantitative estimate of drug-likeness (QED) is 0.890. The second-order valence-corrected chi connectivity index (χ2v) is 6.28. The number of nitrogens with zero attached hydrogens (tertiary/aromatic N) is 1. The number of amides is 1. The standard InChI is InChI=1S/C15H18N2O3S/c18-11(10-4-1-2-5-10)8-16-15(19)13-14(20-9-17-13)12-6-3-7-21-12/h3,6-7,9-11,18H,1-2,4-5,8H2,(H,16,19). The van der Waals surface area contributed by atoms with Crippen LogP contribution >= 0.6 is 11.3 Å². The summed E-state index contributed by atoms with van der Waals surface area (Å²) in [5.41, 5.74) is 0.274. The molecule has 0 aromatic carbocycles. The third kappa shape index (κ3) is 3.16. The van der Waals surface area contributed by atoms with E-state index in [0.29, 0.717) is 11.7 Å². The van der Waals surface area contributed by atoms with Crippen LogP contribution in [0, 0.1) is 5.92 Å². The summed E-state index contributed by atoms with van der Waals surface area (Å²) in [6, 6.07) is 3.78. The molecule has 1 atom stereocenters. The molecule has 5 nitrogen and oxygen atoms in total. The lowest BCUT2D eigenvalue weighted by atomic mass is 10.0. The number of hydrogen-bond acceptors (Lipinski definition) is 5. The Hall–Kier alpha value is -1.66. The van der Waals surface area contributed by atoms with Crippen molar-refractivity contribution in [3.8, 4) is 10.6 Å². The number of thiophene rings is 1. The number of oxazole rings is 1. The highest BCUT2D eigenvalue weighted by atomic mass is 32.1. The van der Waals surface area contributed by atoms with Gasteiger partial charge in [-0.05, 0) is 30.2 Å². The van der Waals surface area contributed by atoms with E-state index in [-0.39, 0.29) is 18.1 Å². The van der Waals surface area contributed by atoms with Gasteiger partial charge in [-0.2, -0.15) is 0 Å². The predicted molar refractivity (Wildman–Crippen MR) is 80.1 cm³/mol. The summed E-state index contributed by atoms with van der Waals surface area (Å²) in [6.07, 6.45) is 5.22. The maximum absolute atomic E-state index is 12.2. The first-order valence-corrected chi connectivity index (χ1v) is 8.07. The molecule has 21 heavy (non-hydrogen) atoms. The van der Waals surface area contributed by atoms with Gasteiger partial charge in [0.2, 0.25) is 0 Å². The molecule has 0 saturated heterocycles. The van der Waals surface area contributed by atoms with Crippen molar-refractivity contribution in [3.05, 3.63) is 29.6 Å². The number of hydrogen-bond donors (Lipinski definition) is 2. The fraction of sp³-hybridized carbons (Fsp3) is 0.467. The van der Waals surface area contributed by atoms with Gasteiger partial charge in [-0.1, -0.05) is 18.9 Å². The first-order chi connectivity index (χ1) is 10.3. The summed E-state index contributed by atoms with van der Waals surface area (Å²) >= 11 is 1.49. The molecule has 1 amide bonds. The van der Waals surface area contributed by atoms with Gasteiger partial charge in [-0.15, -0.1) is 11.3 Å². The Balaban J connectivity index is 1.62. The minimum atomic E-state index is -0.478. The number of aliphatic hydroxyl groups is 1. The molecule has 2 aromatic rings. The van der Waals surface area contributed by atoms with Crippen LogP contribution in [0.25, 0.3) is 10.6 Å². The van der Waals surface area contributed by atoms with Crippen molar-refractivity contribution in [1.82, 2.24) is 10.3 Å². The van der Waals surface area contributed by atoms with Gasteiger partial charge in [0.25, 0.3) is 5.91 Å². The maximum atomic E-state index is 12.2. The molecule has 1 saturated carbocycles. The van der Waals surface area contributed by atoms with Crippen molar-refractivity contribution in [2.24, 2.45) is 5.92 Å². The Morgan fingerprint density at radius 1 is 1.52 bits per heavy atom. The Labute approximate surface area is 127 Å². The molecule has 1 aliphatic carbocycles. The zero-order valence-electron chi connectivity index (χ0n) is 11.6. The van der Waals surface area contributed by atoms with Crippen LogP contribution in [0.2, 0.25) is 0 Å². The number of aromatic nitrogens is 1. The monoisotopic (exact) mass is 306 g/mol. The molecule has 1 fully saturated rings. The molecule has 1 unspecified atom stereocenters. The minimum absolute atomic E-state index is 0.264. The molecular formula is C15H18N2O3S. The lowest BCUT2D eigenvalue weighted by Gasteiger charge is -2.17. The molecule has 2 heterocycles. The van der Waals surface area contributed by atoms with Gasteiger partial charge in [0.1, 0.15) is 0 Å². The predicted octanol–water partition coefficient (Wildman–Crippen LogP) is 2.68. The fourth-order valence-electron chi connectivity index (χ4n) is 2.78. The first kappa shape index (κ1) is 14.3. The van der Waals surface area contributed by atoms with E-state index in [1.165, 1.54) is 30.6 Å². The molecule has 2 aromatic heterocycles. The van der Waals surface area contributed by atoms with E-state index in [2.05, 4.69) is 10.3 Å². The molecular weight excluding hydrogens is 288 g/mol. The highest BCUT2D eigenvalue weighted by Crippen LogP contribution is 2.28. The molecule has 1 aliphatic rings. The van der Waals surface area contributed by atoms with Crippen LogP contribution in [0.4, 0.5) is 0 Å². The van der Waals surface area contributed by atoms with Crippen molar-refractivity contribution in [2.45, 2.75) is 31.8 Å². The van der Waals surface area contributed by atoms with Gasteiger partial charge in [0.15, 0.2) is 17.8 Å². The second kappa shape index (κ2) is 6.41. The van der Waals surface area contributed by atoms with Gasteiger partial charge >= 0.3 is 0 Å². The first-order valence-electron chi connectivity index (χ1n) is 7.19. The van der Waals surface area contributed by atoms with E-state index < -0.39 is 6.10 Å². The summed E-state index contributed by atoms with van der Waals surface area (Å²) in [6.45, 7) is 0.264. The van der Waals surface area contributed by atoms with E-state index in [4.69, 9.17) is 4.42 Å². The van der Waals surface area contributed by atoms with Gasteiger partial charge < -0.3 is 14.8 Å². The van der Waals surface area contributed by atoms with E-state index in [1.54, 1.807) is 0 Å². The van der Waals surface area contributed by atoms with Crippen LogP contribution in [-0.2, 0) is 0 Å².